The lowest BCUT2D eigenvalue weighted by molar-refractivity contribution is -0.134. The number of ether oxygens (including phenoxy) is 2. The van der Waals surface area contributed by atoms with Crippen LogP contribution in [0.15, 0.2) is 24.3 Å². The lowest BCUT2D eigenvalue weighted by Crippen LogP contribution is -2.42. The van der Waals surface area contributed by atoms with Crippen LogP contribution in [0.4, 0.5) is 0 Å². The molecule has 5 heteroatoms. The fourth-order valence-electron chi connectivity index (χ4n) is 2.09. The zero-order chi connectivity index (χ0) is 13.7. The molecule has 1 fully saturated rings. The molecule has 0 radical (unpaired) electrons. The normalized spacial score (nSPS) is 17.3. The zero-order valence-electron chi connectivity index (χ0n) is 11.0. The maximum Gasteiger partial charge on any atom is 0.245 e. The number of hydrogen-bond donors (Lipinski definition) is 0. The van der Waals surface area contributed by atoms with Crippen molar-refractivity contribution >= 4 is 17.5 Å². The maximum absolute atomic E-state index is 12.3. The molecule has 0 saturated carbocycles. The van der Waals surface area contributed by atoms with Crippen molar-refractivity contribution in [3.63, 3.8) is 0 Å². The summed E-state index contributed by atoms with van der Waals surface area (Å²) < 4.78 is 10.3. The molecule has 1 atom stereocenters. The van der Waals surface area contributed by atoms with E-state index < -0.39 is 5.38 Å². The minimum absolute atomic E-state index is 0.0560. The number of rotatable bonds is 4. The van der Waals surface area contributed by atoms with E-state index in [9.17, 15) is 4.79 Å². The minimum atomic E-state index is -0.644. The van der Waals surface area contributed by atoms with Crippen LogP contribution >= 0.6 is 11.6 Å². The Balaban J connectivity index is 2.07. The van der Waals surface area contributed by atoms with Gasteiger partial charge in [-0.2, -0.15) is 0 Å². The standard InChI is InChI=1S/C14H18ClNO3/c1-18-10-11-3-2-4-12(9-11)13(15)14(17)16-5-7-19-8-6-16/h2-4,9,13H,5-8,10H2,1H3. The van der Waals surface area contributed by atoms with Crippen LogP contribution in [-0.2, 0) is 20.9 Å². The summed E-state index contributed by atoms with van der Waals surface area (Å²) in [6.07, 6.45) is 0. The van der Waals surface area contributed by atoms with Crippen LogP contribution in [0.3, 0.4) is 0 Å². The number of benzene rings is 1. The molecule has 1 unspecified atom stereocenters. The van der Waals surface area contributed by atoms with E-state index >= 15 is 0 Å². The number of alkyl halides is 1. The summed E-state index contributed by atoms with van der Waals surface area (Å²) in [7, 11) is 1.64. The lowest BCUT2D eigenvalue weighted by Gasteiger charge is -2.28. The molecule has 1 aliphatic rings. The van der Waals surface area contributed by atoms with Crippen LogP contribution < -0.4 is 0 Å². The molecule has 1 aliphatic heterocycles. The number of morpholine rings is 1. The third-order valence-corrected chi connectivity index (χ3v) is 3.53. The number of methoxy groups -OCH3 is 1. The van der Waals surface area contributed by atoms with Gasteiger partial charge in [-0.3, -0.25) is 4.79 Å². The number of amides is 1. The SMILES string of the molecule is COCc1cccc(C(Cl)C(=O)N2CCOCC2)c1. The minimum Gasteiger partial charge on any atom is -0.380 e. The van der Waals surface area contributed by atoms with Crippen LogP contribution in [-0.4, -0.2) is 44.2 Å². The van der Waals surface area contributed by atoms with Crippen molar-refractivity contribution in [3.05, 3.63) is 35.4 Å². The summed E-state index contributed by atoms with van der Waals surface area (Å²) in [5.74, 6) is -0.0560. The highest BCUT2D eigenvalue weighted by Gasteiger charge is 2.25. The van der Waals surface area contributed by atoms with Gasteiger partial charge in [-0.05, 0) is 11.1 Å². The molecule has 2 rings (SSSR count). The number of halogens is 1. The summed E-state index contributed by atoms with van der Waals surface area (Å²) in [6, 6.07) is 7.64. The second kappa shape index (κ2) is 6.89. The number of hydrogen-bond acceptors (Lipinski definition) is 3. The van der Waals surface area contributed by atoms with Gasteiger partial charge in [-0.1, -0.05) is 24.3 Å². The molecule has 0 N–H and O–H groups in total. The molecule has 1 amide bonds. The topological polar surface area (TPSA) is 38.8 Å². The van der Waals surface area contributed by atoms with E-state index in [0.717, 1.165) is 11.1 Å². The Bertz CT molecular complexity index is 432. The predicted molar refractivity (Wildman–Crippen MR) is 73.1 cm³/mol. The van der Waals surface area contributed by atoms with E-state index in [1.54, 1.807) is 12.0 Å². The van der Waals surface area contributed by atoms with Crippen LogP contribution in [0.25, 0.3) is 0 Å². The lowest BCUT2D eigenvalue weighted by atomic mass is 10.1. The van der Waals surface area contributed by atoms with Gasteiger partial charge in [0, 0.05) is 20.2 Å². The smallest absolute Gasteiger partial charge is 0.245 e. The van der Waals surface area contributed by atoms with Crippen LogP contribution in [0.5, 0.6) is 0 Å². The van der Waals surface area contributed by atoms with Gasteiger partial charge in [0.1, 0.15) is 5.38 Å². The Labute approximate surface area is 118 Å². The second-order valence-electron chi connectivity index (χ2n) is 4.48. The molecule has 0 bridgehead atoms. The molecule has 0 aliphatic carbocycles. The van der Waals surface area contributed by atoms with Gasteiger partial charge >= 0.3 is 0 Å². The monoisotopic (exact) mass is 283 g/mol. The van der Waals surface area contributed by atoms with Crippen molar-refractivity contribution < 1.29 is 14.3 Å². The number of carbonyl (C=O) groups excluding carboxylic acids is 1. The van der Waals surface area contributed by atoms with Crippen molar-refractivity contribution in [2.45, 2.75) is 12.0 Å². The Morgan fingerprint density at radius 3 is 2.89 bits per heavy atom. The van der Waals surface area contributed by atoms with Gasteiger partial charge in [0.15, 0.2) is 0 Å². The van der Waals surface area contributed by atoms with E-state index in [1.165, 1.54) is 0 Å². The highest BCUT2D eigenvalue weighted by molar-refractivity contribution is 6.30. The highest BCUT2D eigenvalue weighted by atomic mass is 35.5. The average molecular weight is 284 g/mol. The van der Waals surface area contributed by atoms with E-state index in [1.807, 2.05) is 24.3 Å². The summed E-state index contributed by atoms with van der Waals surface area (Å²) in [6.45, 7) is 2.90. The molecule has 104 valence electrons. The quantitative estimate of drug-likeness (QED) is 0.793. The summed E-state index contributed by atoms with van der Waals surface area (Å²) in [5.41, 5.74) is 1.83. The van der Waals surface area contributed by atoms with Gasteiger partial charge in [0.05, 0.1) is 19.8 Å². The Morgan fingerprint density at radius 2 is 2.21 bits per heavy atom. The molecule has 1 aromatic carbocycles. The highest BCUT2D eigenvalue weighted by Crippen LogP contribution is 2.24. The predicted octanol–water partition coefficient (Wildman–Crippen LogP) is 1.97. The number of nitrogens with zero attached hydrogens (tertiary/aromatic N) is 1. The van der Waals surface area contributed by atoms with Crippen molar-refractivity contribution in [2.24, 2.45) is 0 Å². The van der Waals surface area contributed by atoms with Crippen molar-refractivity contribution in [2.75, 3.05) is 33.4 Å². The summed E-state index contributed by atoms with van der Waals surface area (Å²) in [5, 5.41) is -0.644. The zero-order valence-corrected chi connectivity index (χ0v) is 11.7. The van der Waals surface area contributed by atoms with Crippen molar-refractivity contribution in [1.29, 1.82) is 0 Å². The fourth-order valence-corrected chi connectivity index (χ4v) is 2.37. The van der Waals surface area contributed by atoms with E-state index in [2.05, 4.69) is 0 Å². The Morgan fingerprint density at radius 1 is 1.47 bits per heavy atom. The third-order valence-electron chi connectivity index (χ3n) is 3.09. The van der Waals surface area contributed by atoms with E-state index in [0.29, 0.717) is 32.9 Å². The van der Waals surface area contributed by atoms with Gasteiger partial charge in [0.2, 0.25) is 5.91 Å². The average Bonchev–Trinajstić information content (AvgIpc) is 2.47. The molecular formula is C14H18ClNO3. The second-order valence-corrected chi connectivity index (χ2v) is 4.91. The molecule has 4 nitrogen and oxygen atoms in total. The van der Waals surface area contributed by atoms with E-state index in [-0.39, 0.29) is 5.91 Å². The largest absolute Gasteiger partial charge is 0.380 e. The first-order valence-electron chi connectivity index (χ1n) is 6.30. The molecule has 1 aromatic rings. The molecule has 1 heterocycles. The third kappa shape index (κ3) is 3.69. The molecule has 0 spiro atoms. The molecular weight excluding hydrogens is 266 g/mol. The van der Waals surface area contributed by atoms with Gasteiger partial charge in [0.25, 0.3) is 0 Å². The Kier molecular flexibility index (Phi) is 5.19. The first-order chi connectivity index (χ1) is 9.22. The molecule has 0 aromatic heterocycles. The first-order valence-corrected chi connectivity index (χ1v) is 6.74. The molecule has 19 heavy (non-hydrogen) atoms. The van der Waals surface area contributed by atoms with Crippen LogP contribution in [0, 0.1) is 0 Å². The summed E-state index contributed by atoms with van der Waals surface area (Å²) >= 11 is 6.29. The van der Waals surface area contributed by atoms with Gasteiger partial charge < -0.3 is 14.4 Å². The summed E-state index contributed by atoms with van der Waals surface area (Å²) in [4.78, 5) is 14.0. The van der Waals surface area contributed by atoms with Gasteiger partial charge in [-0.25, -0.2) is 0 Å². The van der Waals surface area contributed by atoms with Gasteiger partial charge in [-0.15, -0.1) is 11.6 Å². The van der Waals surface area contributed by atoms with E-state index in [4.69, 9.17) is 21.1 Å². The molecule has 1 saturated heterocycles. The first kappa shape index (κ1) is 14.3. The Hall–Kier alpha value is -1.10. The maximum atomic E-state index is 12.3. The van der Waals surface area contributed by atoms with Crippen molar-refractivity contribution in [3.8, 4) is 0 Å². The fraction of sp³-hybridized carbons (Fsp3) is 0.500. The van der Waals surface area contributed by atoms with Crippen LogP contribution in [0.2, 0.25) is 0 Å². The van der Waals surface area contributed by atoms with Crippen molar-refractivity contribution in [1.82, 2.24) is 4.90 Å². The number of carbonyl (C=O) groups is 1. The van der Waals surface area contributed by atoms with Crippen LogP contribution in [0.1, 0.15) is 16.5 Å².